The van der Waals surface area contributed by atoms with Gasteiger partial charge in [-0.05, 0) is 32.8 Å². The fraction of sp³-hybridized carbons (Fsp3) is 0.409. The van der Waals surface area contributed by atoms with E-state index in [1.807, 2.05) is 43.0 Å². The van der Waals surface area contributed by atoms with E-state index in [0.717, 1.165) is 52.0 Å². The first-order chi connectivity index (χ1) is 14.0. The minimum absolute atomic E-state index is 0.0681. The fourth-order valence-corrected chi connectivity index (χ4v) is 4.75. The third kappa shape index (κ3) is 4.19. The summed E-state index contributed by atoms with van der Waals surface area (Å²) in [6.45, 7) is 5.23. The summed E-state index contributed by atoms with van der Waals surface area (Å²) >= 11 is 1.47. The van der Waals surface area contributed by atoms with Gasteiger partial charge in [0.25, 0.3) is 5.91 Å². The number of likely N-dealkylation sites (tertiary alicyclic amines) is 1. The summed E-state index contributed by atoms with van der Waals surface area (Å²) in [6, 6.07) is 7.92. The highest BCUT2D eigenvalue weighted by Gasteiger charge is 2.30. The van der Waals surface area contributed by atoms with Crippen LogP contribution in [-0.2, 0) is 6.42 Å². The number of aryl methyl sites for hydroxylation is 2. The highest BCUT2D eigenvalue weighted by molar-refractivity contribution is 7.13. The second-order valence-electron chi connectivity index (χ2n) is 7.39. The van der Waals surface area contributed by atoms with Crippen LogP contribution in [-0.4, -0.2) is 41.0 Å². The van der Waals surface area contributed by atoms with Gasteiger partial charge in [0.1, 0.15) is 16.4 Å². The Morgan fingerprint density at radius 2 is 2.17 bits per heavy atom. The number of hydrogen-bond donors (Lipinski definition) is 0. The van der Waals surface area contributed by atoms with E-state index >= 15 is 0 Å². The van der Waals surface area contributed by atoms with E-state index in [4.69, 9.17) is 9.15 Å². The van der Waals surface area contributed by atoms with Crippen molar-refractivity contribution in [2.45, 2.75) is 39.0 Å². The van der Waals surface area contributed by atoms with Gasteiger partial charge in [-0.1, -0.05) is 18.2 Å². The molecule has 1 aliphatic heterocycles. The Kier molecular flexibility index (Phi) is 5.67. The van der Waals surface area contributed by atoms with Gasteiger partial charge in [0.15, 0.2) is 5.89 Å². The van der Waals surface area contributed by atoms with E-state index < -0.39 is 0 Å². The quantitative estimate of drug-likeness (QED) is 0.624. The summed E-state index contributed by atoms with van der Waals surface area (Å²) in [5.41, 5.74) is 1.88. The summed E-state index contributed by atoms with van der Waals surface area (Å²) in [5, 5.41) is 0.924. The van der Waals surface area contributed by atoms with Gasteiger partial charge in [-0.25, -0.2) is 9.97 Å². The molecule has 152 valence electrons. The first kappa shape index (κ1) is 19.6. The van der Waals surface area contributed by atoms with E-state index in [2.05, 4.69) is 9.97 Å². The number of carbonyl (C=O) groups is 1. The molecule has 1 amide bonds. The van der Waals surface area contributed by atoms with Gasteiger partial charge in [-0.3, -0.25) is 4.79 Å². The number of benzene rings is 1. The monoisotopic (exact) mass is 411 g/mol. The summed E-state index contributed by atoms with van der Waals surface area (Å²) in [4.78, 5) is 24.5. The zero-order valence-corrected chi connectivity index (χ0v) is 17.8. The van der Waals surface area contributed by atoms with Crippen LogP contribution in [0.2, 0.25) is 0 Å². The number of nitrogens with zero attached hydrogens (tertiary/aromatic N) is 3. The molecule has 0 saturated carbocycles. The number of oxazole rings is 1. The van der Waals surface area contributed by atoms with E-state index in [0.29, 0.717) is 18.9 Å². The largest absolute Gasteiger partial charge is 0.496 e. The zero-order chi connectivity index (χ0) is 20.4. The Hall–Kier alpha value is -2.67. The minimum atomic E-state index is 0.0681. The average molecular weight is 412 g/mol. The van der Waals surface area contributed by atoms with Crippen LogP contribution in [0.3, 0.4) is 0 Å². The van der Waals surface area contributed by atoms with Crippen LogP contribution in [0.4, 0.5) is 0 Å². The van der Waals surface area contributed by atoms with Gasteiger partial charge in [-0.15, -0.1) is 11.3 Å². The first-order valence-electron chi connectivity index (χ1n) is 9.85. The molecule has 3 aromatic rings. The standard InChI is InChI=1S/C22H25N3O3S/c1-14-20(29-15(2)24-14)22(26)25-10-6-8-17(13-25)21-23-12-18(28-21)11-16-7-4-5-9-19(16)27-3/h4-5,7,9,12,17H,6,8,10-11,13H2,1-3H3/t17-/m0/s1. The van der Waals surface area contributed by atoms with Crippen LogP contribution in [0.1, 0.15) is 56.3 Å². The van der Waals surface area contributed by atoms with Gasteiger partial charge in [-0.2, -0.15) is 0 Å². The number of piperidine rings is 1. The maximum atomic E-state index is 13.0. The zero-order valence-electron chi connectivity index (χ0n) is 17.0. The normalized spacial score (nSPS) is 16.8. The number of rotatable bonds is 5. The third-order valence-electron chi connectivity index (χ3n) is 5.28. The second-order valence-corrected chi connectivity index (χ2v) is 8.59. The Morgan fingerprint density at radius 1 is 1.34 bits per heavy atom. The molecule has 0 aliphatic carbocycles. The van der Waals surface area contributed by atoms with Crippen molar-refractivity contribution >= 4 is 17.2 Å². The molecule has 6 nitrogen and oxygen atoms in total. The average Bonchev–Trinajstić information content (AvgIpc) is 3.34. The maximum Gasteiger partial charge on any atom is 0.265 e. The van der Waals surface area contributed by atoms with Gasteiger partial charge in [0.2, 0.25) is 0 Å². The van der Waals surface area contributed by atoms with Gasteiger partial charge < -0.3 is 14.1 Å². The van der Waals surface area contributed by atoms with E-state index in [1.165, 1.54) is 11.3 Å². The van der Waals surface area contributed by atoms with Crippen molar-refractivity contribution in [2.24, 2.45) is 0 Å². The van der Waals surface area contributed by atoms with Crippen LogP contribution in [0.25, 0.3) is 0 Å². The van der Waals surface area contributed by atoms with E-state index in [1.54, 1.807) is 13.3 Å². The maximum absolute atomic E-state index is 13.0. The van der Waals surface area contributed by atoms with Crippen LogP contribution in [0.15, 0.2) is 34.9 Å². The number of methoxy groups -OCH3 is 1. The number of thiazole rings is 1. The number of para-hydroxylation sites is 1. The van der Waals surface area contributed by atoms with Gasteiger partial charge in [0, 0.05) is 25.1 Å². The van der Waals surface area contributed by atoms with E-state index in [9.17, 15) is 4.79 Å². The molecule has 0 radical (unpaired) electrons. The molecule has 29 heavy (non-hydrogen) atoms. The van der Waals surface area contributed by atoms with Crippen molar-refractivity contribution in [3.05, 3.63) is 63.3 Å². The van der Waals surface area contributed by atoms with Crippen LogP contribution >= 0.6 is 11.3 Å². The molecule has 4 rings (SSSR count). The Morgan fingerprint density at radius 3 is 2.93 bits per heavy atom. The van der Waals surface area contributed by atoms with Crippen LogP contribution < -0.4 is 4.74 Å². The molecular weight excluding hydrogens is 386 g/mol. The van der Waals surface area contributed by atoms with Gasteiger partial charge >= 0.3 is 0 Å². The molecule has 0 spiro atoms. The van der Waals surface area contributed by atoms with Crippen LogP contribution in [0.5, 0.6) is 5.75 Å². The summed E-state index contributed by atoms with van der Waals surface area (Å²) in [7, 11) is 1.67. The number of aromatic nitrogens is 2. The fourth-order valence-electron chi connectivity index (χ4n) is 3.87. The van der Waals surface area contributed by atoms with Crippen molar-refractivity contribution in [3.63, 3.8) is 0 Å². The van der Waals surface area contributed by atoms with E-state index in [-0.39, 0.29) is 11.8 Å². The van der Waals surface area contributed by atoms with Crippen molar-refractivity contribution < 1.29 is 13.9 Å². The Labute approximate surface area is 174 Å². The van der Waals surface area contributed by atoms with Crippen LogP contribution in [0, 0.1) is 13.8 Å². The smallest absolute Gasteiger partial charge is 0.265 e. The lowest BCUT2D eigenvalue weighted by atomic mass is 9.98. The lowest BCUT2D eigenvalue weighted by molar-refractivity contribution is 0.0702. The highest BCUT2D eigenvalue weighted by Crippen LogP contribution is 2.30. The molecule has 1 aromatic carbocycles. The second kappa shape index (κ2) is 8.37. The van der Waals surface area contributed by atoms with Crippen molar-refractivity contribution in [1.82, 2.24) is 14.9 Å². The molecule has 1 atom stereocenters. The molecule has 0 bridgehead atoms. The lowest BCUT2D eigenvalue weighted by Crippen LogP contribution is -2.39. The first-order valence-corrected chi connectivity index (χ1v) is 10.7. The lowest BCUT2D eigenvalue weighted by Gasteiger charge is -2.31. The number of amides is 1. The Balaban J connectivity index is 1.46. The number of hydrogen-bond acceptors (Lipinski definition) is 6. The summed E-state index contributed by atoms with van der Waals surface area (Å²) < 4.78 is 11.5. The molecule has 1 aliphatic rings. The van der Waals surface area contributed by atoms with Crippen molar-refractivity contribution in [3.8, 4) is 5.75 Å². The molecule has 7 heteroatoms. The van der Waals surface area contributed by atoms with Gasteiger partial charge in [0.05, 0.1) is 29.9 Å². The predicted molar refractivity (Wildman–Crippen MR) is 112 cm³/mol. The molecule has 1 fully saturated rings. The minimum Gasteiger partial charge on any atom is -0.496 e. The molecule has 3 heterocycles. The molecular formula is C22H25N3O3S. The highest BCUT2D eigenvalue weighted by atomic mass is 32.1. The predicted octanol–water partition coefficient (Wildman–Crippen LogP) is 4.37. The SMILES string of the molecule is COc1ccccc1Cc1cnc([C@H]2CCCN(C(=O)c3sc(C)nc3C)C2)o1. The molecule has 0 unspecified atom stereocenters. The summed E-state index contributed by atoms with van der Waals surface area (Å²) in [5.74, 6) is 2.55. The van der Waals surface area contributed by atoms with Crippen molar-refractivity contribution in [1.29, 1.82) is 0 Å². The number of carbonyl (C=O) groups excluding carboxylic acids is 1. The third-order valence-corrected chi connectivity index (χ3v) is 6.35. The summed E-state index contributed by atoms with van der Waals surface area (Å²) in [6.07, 6.45) is 4.33. The topological polar surface area (TPSA) is 68.5 Å². The number of ether oxygens (including phenoxy) is 1. The molecule has 2 aromatic heterocycles. The van der Waals surface area contributed by atoms with Crippen molar-refractivity contribution in [2.75, 3.05) is 20.2 Å². The molecule has 1 saturated heterocycles. The Bertz CT molecular complexity index is 1010. The molecule has 0 N–H and O–H groups in total.